The Morgan fingerprint density at radius 1 is 0.829 bits per heavy atom. The zero-order valence-corrected chi connectivity index (χ0v) is 24.5. The predicted octanol–water partition coefficient (Wildman–Crippen LogP) is 6.05. The Hall–Kier alpha value is -4.04. The molecule has 3 aromatic carbocycles. The first kappa shape index (κ1) is 28.5. The van der Waals surface area contributed by atoms with Gasteiger partial charge < -0.3 is 29.7 Å². The van der Waals surface area contributed by atoms with Crippen molar-refractivity contribution in [2.75, 3.05) is 45.1 Å². The van der Waals surface area contributed by atoms with Crippen LogP contribution in [0.25, 0.3) is 10.9 Å². The van der Waals surface area contributed by atoms with Crippen LogP contribution in [0.4, 0.5) is 11.8 Å². The second kappa shape index (κ2) is 13.5. The van der Waals surface area contributed by atoms with Gasteiger partial charge in [-0.1, -0.05) is 48.5 Å². The van der Waals surface area contributed by atoms with Gasteiger partial charge in [0.25, 0.3) is 0 Å². The number of rotatable bonds is 12. The number of methoxy groups -OCH3 is 2. The molecule has 0 spiro atoms. The molecule has 0 unspecified atom stereocenters. The number of ether oxygens (including phenoxy) is 3. The molecule has 8 nitrogen and oxygen atoms in total. The van der Waals surface area contributed by atoms with Crippen LogP contribution in [-0.2, 0) is 13.2 Å². The summed E-state index contributed by atoms with van der Waals surface area (Å²) in [5.41, 5.74) is 3.13. The minimum absolute atomic E-state index is 0.381. The fraction of sp³-hybridized carbons (Fsp3) is 0.394. The van der Waals surface area contributed by atoms with E-state index in [0.29, 0.717) is 42.6 Å². The van der Waals surface area contributed by atoms with Gasteiger partial charge in [0, 0.05) is 37.6 Å². The molecule has 1 fully saturated rings. The van der Waals surface area contributed by atoms with Crippen LogP contribution in [0.3, 0.4) is 0 Å². The molecule has 5 rings (SSSR count). The summed E-state index contributed by atoms with van der Waals surface area (Å²) < 4.78 is 17.5. The van der Waals surface area contributed by atoms with Gasteiger partial charge in [-0.2, -0.15) is 4.98 Å². The van der Waals surface area contributed by atoms with E-state index in [1.54, 1.807) is 14.2 Å². The molecule has 0 atom stereocenters. The summed E-state index contributed by atoms with van der Waals surface area (Å²) in [6, 6.07) is 22.7. The molecule has 0 amide bonds. The van der Waals surface area contributed by atoms with Crippen molar-refractivity contribution in [1.82, 2.24) is 15.3 Å². The standard InChI is InChI=1S/C33H41N5O3/c1-38(2)32-27-12-8-9-13-28(27)36-33(37-32)35-26-17-14-23(15-18-26)20-34-21-25-16-19-29(39-3)31(40-4)30(25)41-22-24-10-6-5-7-11-24/h5-13,16,19,23,26,34H,14-15,17-18,20-22H2,1-4H3,(H,35,36,37)/t23-,26+. The van der Waals surface area contributed by atoms with Crippen molar-refractivity contribution in [1.29, 1.82) is 0 Å². The summed E-state index contributed by atoms with van der Waals surface area (Å²) in [4.78, 5) is 11.7. The molecular weight excluding hydrogens is 514 g/mol. The lowest BCUT2D eigenvalue weighted by Crippen LogP contribution is -2.31. The first-order valence-corrected chi connectivity index (χ1v) is 14.4. The van der Waals surface area contributed by atoms with Crippen molar-refractivity contribution in [3.05, 3.63) is 77.9 Å². The zero-order chi connectivity index (χ0) is 28.6. The summed E-state index contributed by atoms with van der Waals surface area (Å²) in [6.07, 6.45) is 4.51. The number of hydrogen-bond donors (Lipinski definition) is 2. The highest BCUT2D eigenvalue weighted by Crippen LogP contribution is 2.40. The Morgan fingerprint density at radius 2 is 1.59 bits per heavy atom. The Kier molecular flexibility index (Phi) is 9.41. The van der Waals surface area contributed by atoms with Gasteiger partial charge in [0.15, 0.2) is 11.5 Å². The van der Waals surface area contributed by atoms with Crippen molar-refractivity contribution in [2.24, 2.45) is 5.92 Å². The SMILES string of the molecule is COc1ccc(CNC[C@H]2CC[C@@H](Nc3nc(N(C)C)c4ccccc4n3)CC2)c(OCc2ccccc2)c1OC. The van der Waals surface area contributed by atoms with E-state index < -0.39 is 0 Å². The van der Waals surface area contributed by atoms with Crippen molar-refractivity contribution in [3.63, 3.8) is 0 Å². The highest BCUT2D eigenvalue weighted by molar-refractivity contribution is 5.90. The molecule has 0 radical (unpaired) electrons. The van der Waals surface area contributed by atoms with Gasteiger partial charge in [0.1, 0.15) is 12.4 Å². The highest BCUT2D eigenvalue weighted by Gasteiger charge is 2.23. The fourth-order valence-corrected chi connectivity index (χ4v) is 5.54. The number of anilines is 2. The van der Waals surface area contributed by atoms with Crippen LogP contribution in [0.5, 0.6) is 17.2 Å². The molecule has 1 heterocycles. The number of hydrogen-bond acceptors (Lipinski definition) is 8. The minimum Gasteiger partial charge on any atom is -0.493 e. The Balaban J connectivity index is 1.16. The quantitative estimate of drug-likeness (QED) is 0.219. The van der Waals surface area contributed by atoms with E-state index in [0.717, 1.165) is 65.8 Å². The average Bonchev–Trinajstić information content (AvgIpc) is 3.00. The smallest absolute Gasteiger partial charge is 0.225 e. The molecule has 41 heavy (non-hydrogen) atoms. The number of fused-ring (bicyclic) bond motifs is 1. The van der Waals surface area contributed by atoms with Gasteiger partial charge in [0.2, 0.25) is 11.7 Å². The Morgan fingerprint density at radius 3 is 2.32 bits per heavy atom. The van der Waals surface area contributed by atoms with Crippen LogP contribution in [0.1, 0.15) is 36.8 Å². The number of nitrogens with one attached hydrogen (secondary N) is 2. The number of nitrogens with zero attached hydrogens (tertiary/aromatic N) is 3. The second-order valence-electron chi connectivity index (χ2n) is 10.8. The molecule has 0 saturated heterocycles. The van der Waals surface area contributed by atoms with E-state index in [-0.39, 0.29) is 0 Å². The molecule has 0 aliphatic heterocycles. The van der Waals surface area contributed by atoms with E-state index in [1.165, 1.54) is 0 Å². The first-order chi connectivity index (χ1) is 20.1. The molecule has 1 aromatic heterocycles. The van der Waals surface area contributed by atoms with Gasteiger partial charge >= 0.3 is 0 Å². The van der Waals surface area contributed by atoms with Crippen LogP contribution in [0.15, 0.2) is 66.7 Å². The van der Waals surface area contributed by atoms with Crippen LogP contribution < -0.4 is 29.7 Å². The Bertz CT molecular complexity index is 1420. The van der Waals surface area contributed by atoms with Gasteiger partial charge in [-0.3, -0.25) is 0 Å². The van der Waals surface area contributed by atoms with Crippen molar-refractivity contribution in [3.8, 4) is 17.2 Å². The average molecular weight is 556 g/mol. The predicted molar refractivity (Wildman–Crippen MR) is 165 cm³/mol. The largest absolute Gasteiger partial charge is 0.493 e. The number of para-hydroxylation sites is 1. The van der Waals surface area contributed by atoms with Crippen molar-refractivity contribution >= 4 is 22.7 Å². The minimum atomic E-state index is 0.381. The third-order valence-corrected chi connectivity index (χ3v) is 7.74. The van der Waals surface area contributed by atoms with E-state index in [9.17, 15) is 0 Å². The molecule has 4 aromatic rings. The number of aromatic nitrogens is 2. The summed E-state index contributed by atoms with van der Waals surface area (Å²) >= 11 is 0. The maximum absolute atomic E-state index is 6.28. The van der Waals surface area contributed by atoms with Crippen molar-refractivity contribution < 1.29 is 14.2 Å². The lowest BCUT2D eigenvalue weighted by molar-refractivity contribution is 0.271. The van der Waals surface area contributed by atoms with Crippen molar-refractivity contribution in [2.45, 2.75) is 44.9 Å². The molecule has 2 N–H and O–H groups in total. The third kappa shape index (κ3) is 7.00. The van der Waals surface area contributed by atoms with Crippen LogP contribution in [0.2, 0.25) is 0 Å². The van der Waals surface area contributed by atoms with E-state index in [1.807, 2.05) is 61.5 Å². The summed E-state index contributed by atoms with van der Waals surface area (Å²) in [6.45, 7) is 2.11. The first-order valence-electron chi connectivity index (χ1n) is 14.4. The second-order valence-corrected chi connectivity index (χ2v) is 10.8. The Labute approximate surface area is 243 Å². The van der Waals surface area contributed by atoms with Gasteiger partial charge in [-0.25, -0.2) is 4.98 Å². The fourth-order valence-electron chi connectivity index (χ4n) is 5.54. The normalized spacial score (nSPS) is 16.8. The molecule has 1 saturated carbocycles. The van der Waals surface area contributed by atoms with Gasteiger partial charge in [-0.05, 0) is 61.9 Å². The maximum atomic E-state index is 6.28. The lowest BCUT2D eigenvalue weighted by Gasteiger charge is -2.29. The maximum Gasteiger partial charge on any atom is 0.225 e. The van der Waals surface area contributed by atoms with E-state index >= 15 is 0 Å². The highest BCUT2D eigenvalue weighted by atomic mass is 16.5. The summed E-state index contributed by atoms with van der Waals surface area (Å²) in [7, 11) is 7.35. The van der Waals surface area contributed by atoms with E-state index in [4.69, 9.17) is 24.2 Å². The van der Waals surface area contributed by atoms with Crippen LogP contribution >= 0.6 is 0 Å². The van der Waals surface area contributed by atoms with Gasteiger partial charge in [-0.15, -0.1) is 0 Å². The topological polar surface area (TPSA) is 80.8 Å². The molecule has 0 bridgehead atoms. The summed E-state index contributed by atoms with van der Waals surface area (Å²) in [5.74, 6) is 4.30. The number of benzene rings is 3. The molecule has 8 heteroatoms. The molecular formula is C33H41N5O3. The molecule has 216 valence electrons. The zero-order valence-electron chi connectivity index (χ0n) is 24.5. The van der Waals surface area contributed by atoms with Gasteiger partial charge in [0.05, 0.1) is 19.7 Å². The van der Waals surface area contributed by atoms with E-state index in [2.05, 4.69) is 34.9 Å². The molecule has 1 aliphatic carbocycles. The lowest BCUT2D eigenvalue weighted by atomic mass is 9.86. The monoisotopic (exact) mass is 555 g/mol. The summed E-state index contributed by atoms with van der Waals surface area (Å²) in [5, 5.41) is 8.36. The molecule has 1 aliphatic rings. The van der Waals surface area contributed by atoms with Crippen LogP contribution in [-0.4, -0.2) is 50.9 Å². The van der Waals surface area contributed by atoms with Crippen LogP contribution in [0, 0.1) is 5.92 Å². The third-order valence-electron chi connectivity index (χ3n) is 7.74.